The number of fused-ring (bicyclic) bond motifs is 1. The first-order valence-electron chi connectivity index (χ1n) is 29.1. The minimum absolute atomic E-state index is 0.0217. The Morgan fingerprint density at radius 1 is 0.250 bits per heavy atom. The maximum Gasteiger partial charge on any atom is 0.494 e. The van der Waals surface area contributed by atoms with E-state index in [0.717, 1.165) is 88.5 Å². The van der Waals surface area contributed by atoms with E-state index in [1.807, 2.05) is 0 Å². The predicted molar refractivity (Wildman–Crippen MR) is 343 cm³/mol. The molecule has 2 saturated heterocycles. The van der Waals surface area contributed by atoms with Gasteiger partial charge in [-0.25, -0.2) is 0 Å². The Morgan fingerprint density at radius 2 is 0.450 bits per heavy atom. The Bertz CT molecular complexity index is 3180. The molecule has 0 spiro atoms. The zero-order valence-corrected chi connectivity index (χ0v) is 51.8. The van der Waals surface area contributed by atoms with Gasteiger partial charge in [0.2, 0.25) is 0 Å². The lowest BCUT2D eigenvalue weighted by atomic mass is 9.72. The molecule has 412 valence electrons. The molecule has 6 heteroatoms. The highest BCUT2D eigenvalue weighted by Gasteiger charge is 2.53. The first kappa shape index (κ1) is 57.2. The van der Waals surface area contributed by atoms with Gasteiger partial charge in [0, 0.05) is 0 Å². The minimum Gasteiger partial charge on any atom is -0.399 e. The van der Waals surface area contributed by atoms with E-state index in [0.29, 0.717) is 0 Å². The molecule has 0 radical (unpaired) electrons. The summed E-state index contributed by atoms with van der Waals surface area (Å²) in [4.78, 5) is 0. The zero-order valence-electron chi connectivity index (χ0n) is 51.8. The van der Waals surface area contributed by atoms with E-state index < -0.39 is 36.6 Å². The van der Waals surface area contributed by atoms with Crippen LogP contribution in [0, 0.1) is 0 Å². The van der Waals surface area contributed by atoms with E-state index in [9.17, 15) is 0 Å². The van der Waals surface area contributed by atoms with Crippen LogP contribution in [0.5, 0.6) is 0 Å². The second-order valence-corrected chi connectivity index (χ2v) is 29.3. The molecule has 0 aliphatic carbocycles. The fourth-order valence-corrected chi connectivity index (χ4v) is 11.1. The van der Waals surface area contributed by atoms with Crippen molar-refractivity contribution in [1.29, 1.82) is 0 Å². The Kier molecular flexibility index (Phi) is 14.2. The lowest BCUT2D eigenvalue weighted by molar-refractivity contribution is 0.00578. The van der Waals surface area contributed by atoms with Gasteiger partial charge < -0.3 is 18.6 Å². The highest BCUT2D eigenvalue weighted by molar-refractivity contribution is 6.64. The summed E-state index contributed by atoms with van der Waals surface area (Å²) >= 11 is 0. The molecular formula is C74H86B2O4. The molecule has 0 N–H and O–H groups in total. The Labute approximate surface area is 481 Å². The Morgan fingerprint density at radius 3 is 0.650 bits per heavy atom. The smallest absolute Gasteiger partial charge is 0.399 e. The van der Waals surface area contributed by atoms with E-state index in [4.69, 9.17) is 18.6 Å². The van der Waals surface area contributed by atoms with Crippen LogP contribution in [0.2, 0.25) is 0 Å². The number of hydrogen-bond donors (Lipinski definition) is 0. The standard InChI is InChI=1S/C74H86B2O4/c1-67(2,3)57-29-21-47(22-30-57)51-37-52(48-23-31-58(32-24-48)68(4,5)6)40-55(39-51)63-43-61(75-77-71(13,14)72(15,16)78-75)46-66-64(44-62(45-65(63)66)76-79-73(17,18)74(19,20)80-76)56-41-53(49-25-33-59(34-26-49)69(7,8)9)38-54(42-56)50-27-35-60(36-28-50)70(10,11)12/h21-46H,1-20H3. The van der Waals surface area contributed by atoms with Gasteiger partial charge >= 0.3 is 14.2 Å². The number of benzene rings is 8. The fourth-order valence-electron chi connectivity index (χ4n) is 11.1. The fraction of sp³-hybridized carbons (Fsp3) is 0.378. The molecule has 0 amide bonds. The minimum atomic E-state index is -0.624. The average molecular weight is 1060 g/mol. The quantitative estimate of drug-likeness (QED) is 0.142. The van der Waals surface area contributed by atoms with Crippen LogP contribution in [-0.4, -0.2) is 36.6 Å². The average Bonchev–Trinajstić information content (AvgIpc) is 3.76. The van der Waals surface area contributed by atoms with Crippen LogP contribution in [0.1, 0.15) is 161 Å². The van der Waals surface area contributed by atoms with Crippen molar-refractivity contribution >= 4 is 35.9 Å². The number of hydrogen-bond acceptors (Lipinski definition) is 4. The van der Waals surface area contributed by atoms with Crippen molar-refractivity contribution in [3.05, 3.63) is 180 Å². The summed E-state index contributed by atoms with van der Waals surface area (Å²) < 4.78 is 28.0. The van der Waals surface area contributed by atoms with Crippen molar-refractivity contribution in [2.45, 2.75) is 183 Å². The van der Waals surface area contributed by atoms with Crippen molar-refractivity contribution in [3.63, 3.8) is 0 Å². The molecule has 0 atom stereocenters. The summed E-state index contributed by atoms with van der Waals surface area (Å²) in [5.74, 6) is 0. The second-order valence-electron chi connectivity index (χ2n) is 29.3. The van der Waals surface area contributed by atoms with Crippen molar-refractivity contribution in [1.82, 2.24) is 0 Å². The topological polar surface area (TPSA) is 36.9 Å². The van der Waals surface area contributed by atoms with Crippen molar-refractivity contribution in [3.8, 4) is 66.8 Å². The second kappa shape index (κ2) is 19.9. The largest absolute Gasteiger partial charge is 0.494 e. The highest BCUT2D eigenvalue weighted by atomic mass is 16.7. The Balaban J connectivity index is 1.30. The number of rotatable bonds is 8. The van der Waals surface area contributed by atoms with Crippen LogP contribution in [-0.2, 0) is 40.3 Å². The van der Waals surface area contributed by atoms with Gasteiger partial charge in [0.15, 0.2) is 0 Å². The van der Waals surface area contributed by atoms with Gasteiger partial charge in [-0.3, -0.25) is 0 Å². The van der Waals surface area contributed by atoms with Crippen LogP contribution < -0.4 is 10.9 Å². The van der Waals surface area contributed by atoms with Crippen LogP contribution in [0.3, 0.4) is 0 Å². The molecule has 2 aliphatic rings. The molecule has 0 saturated carbocycles. The van der Waals surface area contributed by atoms with Gasteiger partial charge in [0.05, 0.1) is 22.4 Å². The van der Waals surface area contributed by atoms with Crippen molar-refractivity contribution < 1.29 is 18.6 Å². The van der Waals surface area contributed by atoms with Crippen LogP contribution in [0.25, 0.3) is 77.5 Å². The van der Waals surface area contributed by atoms with Gasteiger partial charge in [-0.2, -0.15) is 0 Å². The lowest BCUT2D eigenvalue weighted by Gasteiger charge is -2.32. The van der Waals surface area contributed by atoms with Crippen LogP contribution in [0.4, 0.5) is 0 Å². The van der Waals surface area contributed by atoms with Gasteiger partial charge in [0.25, 0.3) is 0 Å². The van der Waals surface area contributed by atoms with Crippen LogP contribution >= 0.6 is 0 Å². The molecular weight excluding hydrogens is 974 g/mol. The molecule has 2 aliphatic heterocycles. The predicted octanol–water partition coefficient (Wildman–Crippen LogP) is 18.6. The lowest BCUT2D eigenvalue weighted by Crippen LogP contribution is -2.41. The SMILES string of the molecule is CC(C)(C)c1ccc(-c2cc(-c3ccc(C(C)(C)C)cc3)cc(-c3cc(B4OC(C)(C)C(C)(C)O4)cc4c(-c5cc(-c6ccc(C(C)(C)C)cc6)cc(-c6ccc(C(C)(C)C)cc6)c5)cc(B5OC(C)(C)C(C)(C)O5)cc34)c2)cc1. The summed E-state index contributed by atoms with van der Waals surface area (Å²) in [6.45, 7) is 44.4. The van der Waals surface area contributed by atoms with E-state index in [1.165, 1.54) is 22.3 Å². The third-order valence-electron chi connectivity index (χ3n) is 18.0. The monoisotopic (exact) mass is 1060 g/mol. The summed E-state index contributed by atoms with van der Waals surface area (Å²) in [6.07, 6.45) is 0. The molecule has 8 aromatic carbocycles. The van der Waals surface area contributed by atoms with Crippen molar-refractivity contribution in [2.75, 3.05) is 0 Å². The molecule has 8 aromatic rings. The summed E-state index contributed by atoms with van der Waals surface area (Å²) in [5, 5.41) is 2.16. The third kappa shape index (κ3) is 11.2. The molecule has 0 bridgehead atoms. The molecule has 2 heterocycles. The van der Waals surface area contributed by atoms with Gasteiger partial charge in [-0.05, 0) is 224 Å². The summed E-state index contributed by atoms with van der Waals surface area (Å²) in [7, 11) is -1.25. The molecule has 10 rings (SSSR count). The van der Waals surface area contributed by atoms with Crippen LogP contribution in [0.15, 0.2) is 158 Å². The third-order valence-corrected chi connectivity index (χ3v) is 18.0. The molecule has 0 aromatic heterocycles. The maximum absolute atomic E-state index is 7.01. The maximum atomic E-state index is 7.01. The molecule has 4 nitrogen and oxygen atoms in total. The van der Waals surface area contributed by atoms with Gasteiger partial charge in [-0.15, -0.1) is 0 Å². The Hall–Kier alpha value is -6.01. The van der Waals surface area contributed by atoms with Gasteiger partial charge in [-0.1, -0.05) is 204 Å². The first-order valence-corrected chi connectivity index (χ1v) is 29.1. The zero-order chi connectivity index (χ0) is 57.9. The van der Waals surface area contributed by atoms with E-state index in [-0.39, 0.29) is 21.7 Å². The van der Waals surface area contributed by atoms with E-state index in [1.54, 1.807) is 0 Å². The summed E-state index contributed by atoms with van der Waals surface area (Å²) in [6, 6.07) is 60.2. The molecule has 2 fully saturated rings. The highest BCUT2D eigenvalue weighted by Crippen LogP contribution is 2.45. The normalized spacial score (nSPS) is 17.1. The molecule has 0 unspecified atom stereocenters. The molecule has 80 heavy (non-hydrogen) atoms. The summed E-state index contributed by atoms with van der Waals surface area (Å²) in [5.41, 5.74) is 18.5. The van der Waals surface area contributed by atoms with E-state index in [2.05, 4.69) is 296 Å². The van der Waals surface area contributed by atoms with E-state index >= 15 is 0 Å². The first-order chi connectivity index (χ1) is 37.1. The van der Waals surface area contributed by atoms with Crippen molar-refractivity contribution in [2.24, 2.45) is 0 Å². The van der Waals surface area contributed by atoms with Gasteiger partial charge in [0.1, 0.15) is 0 Å².